The molecule has 0 rings (SSSR count). The van der Waals surface area contributed by atoms with Crippen LogP contribution in [0.25, 0.3) is 0 Å². The number of rotatable bonds is 6. The highest BCUT2D eigenvalue weighted by Gasteiger charge is 2.25. The first-order chi connectivity index (χ1) is 6.58. The Balaban J connectivity index is 4.72. The van der Waals surface area contributed by atoms with Crippen molar-refractivity contribution in [3.8, 4) is 0 Å². The van der Waals surface area contributed by atoms with Gasteiger partial charge in [-0.25, -0.2) is 0 Å². The van der Waals surface area contributed by atoms with Crippen molar-refractivity contribution in [2.75, 3.05) is 20.3 Å². The molecule has 0 saturated carbocycles. The van der Waals surface area contributed by atoms with Gasteiger partial charge in [-0.3, -0.25) is 4.79 Å². The van der Waals surface area contributed by atoms with Crippen molar-refractivity contribution in [2.24, 2.45) is 5.92 Å². The summed E-state index contributed by atoms with van der Waals surface area (Å²) >= 11 is 0. The van der Waals surface area contributed by atoms with E-state index in [0.717, 1.165) is 0 Å². The molecule has 2 unspecified atom stereocenters. The standard InChI is InChI=1S/C8H14O6/c1-14-4-5(6(11)2-9)8(13)7(12)3-10/h3,5-6,9,11-13H,2,4H2,1H3/b8-7-. The Bertz CT molecular complexity index is 212. The second-order valence-electron chi connectivity index (χ2n) is 2.70. The summed E-state index contributed by atoms with van der Waals surface area (Å²) in [4.78, 5) is 10.1. The third kappa shape index (κ3) is 3.33. The summed E-state index contributed by atoms with van der Waals surface area (Å²) in [5, 5.41) is 36.0. The average Bonchev–Trinajstić information content (AvgIpc) is 2.22. The minimum atomic E-state index is -1.29. The lowest BCUT2D eigenvalue weighted by atomic mass is 10.0. The monoisotopic (exact) mass is 206 g/mol. The molecule has 0 aliphatic rings. The van der Waals surface area contributed by atoms with Crippen LogP contribution in [0.15, 0.2) is 11.5 Å². The summed E-state index contributed by atoms with van der Waals surface area (Å²) in [5.41, 5.74) is 0. The molecule has 6 nitrogen and oxygen atoms in total. The predicted molar refractivity (Wildman–Crippen MR) is 46.8 cm³/mol. The van der Waals surface area contributed by atoms with Gasteiger partial charge < -0.3 is 25.2 Å². The normalized spacial score (nSPS) is 17.1. The Morgan fingerprint density at radius 2 is 2.07 bits per heavy atom. The molecule has 6 heteroatoms. The number of aliphatic hydroxyl groups is 4. The van der Waals surface area contributed by atoms with Crippen LogP contribution in [-0.2, 0) is 9.53 Å². The zero-order valence-corrected chi connectivity index (χ0v) is 7.75. The molecule has 0 aromatic rings. The number of carbonyl (C=O) groups is 1. The highest BCUT2D eigenvalue weighted by Crippen LogP contribution is 2.15. The third-order valence-electron chi connectivity index (χ3n) is 1.72. The van der Waals surface area contributed by atoms with E-state index in [1.165, 1.54) is 7.11 Å². The SMILES string of the molecule is COCC(/C(O)=C(/O)C=O)C(O)CO. The van der Waals surface area contributed by atoms with Gasteiger partial charge in [0.1, 0.15) is 5.76 Å². The van der Waals surface area contributed by atoms with Crippen LogP contribution in [0.3, 0.4) is 0 Å². The molecule has 82 valence electrons. The van der Waals surface area contributed by atoms with Gasteiger partial charge in [0.25, 0.3) is 0 Å². The Morgan fingerprint density at radius 3 is 2.43 bits per heavy atom. The summed E-state index contributed by atoms with van der Waals surface area (Å²) in [7, 11) is 1.32. The largest absolute Gasteiger partial charge is 0.508 e. The number of aliphatic hydroxyl groups excluding tert-OH is 4. The maximum Gasteiger partial charge on any atom is 0.194 e. The first kappa shape index (κ1) is 12.9. The molecule has 0 bridgehead atoms. The van der Waals surface area contributed by atoms with Gasteiger partial charge in [0, 0.05) is 7.11 Å². The number of aldehydes is 1. The quantitative estimate of drug-likeness (QED) is 0.255. The average molecular weight is 206 g/mol. The fraction of sp³-hybridized carbons (Fsp3) is 0.625. The van der Waals surface area contributed by atoms with Gasteiger partial charge in [-0.2, -0.15) is 0 Å². The Hall–Kier alpha value is -1.11. The van der Waals surface area contributed by atoms with E-state index in [2.05, 4.69) is 4.74 Å². The number of carbonyl (C=O) groups excluding carboxylic acids is 1. The van der Waals surface area contributed by atoms with E-state index in [4.69, 9.17) is 10.2 Å². The van der Waals surface area contributed by atoms with Gasteiger partial charge in [0.05, 0.1) is 25.2 Å². The summed E-state index contributed by atoms with van der Waals surface area (Å²) in [6, 6.07) is 0. The molecule has 0 aliphatic carbocycles. The number of ether oxygens (including phenoxy) is 1. The van der Waals surface area contributed by atoms with Crippen molar-refractivity contribution < 1.29 is 30.0 Å². The van der Waals surface area contributed by atoms with Gasteiger partial charge in [0.2, 0.25) is 0 Å². The second-order valence-corrected chi connectivity index (χ2v) is 2.70. The molecule has 0 spiro atoms. The first-order valence-electron chi connectivity index (χ1n) is 3.93. The maximum atomic E-state index is 10.1. The Kier molecular flexibility index (Phi) is 5.86. The predicted octanol–water partition coefficient (Wildman–Crippen LogP) is -0.871. The lowest BCUT2D eigenvalue weighted by Gasteiger charge is -2.19. The molecule has 0 amide bonds. The fourth-order valence-electron chi connectivity index (χ4n) is 0.929. The fourth-order valence-corrected chi connectivity index (χ4v) is 0.929. The molecule has 0 fully saturated rings. The molecule has 0 aromatic heterocycles. The molecule has 0 heterocycles. The number of hydrogen-bond donors (Lipinski definition) is 4. The second kappa shape index (κ2) is 6.36. The zero-order chi connectivity index (χ0) is 11.1. The van der Waals surface area contributed by atoms with Gasteiger partial charge in [-0.05, 0) is 0 Å². The molecule has 4 N–H and O–H groups in total. The lowest BCUT2D eigenvalue weighted by molar-refractivity contribution is -0.107. The number of methoxy groups -OCH3 is 1. The van der Waals surface area contributed by atoms with Gasteiger partial charge in [0.15, 0.2) is 12.0 Å². The van der Waals surface area contributed by atoms with E-state index >= 15 is 0 Å². The van der Waals surface area contributed by atoms with E-state index in [1.54, 1.807) is 0 Å². The molecular weight excluding hydrogens is 192 g/mol. The Morgan fingerprint density at radius 1 is 1.50 bits per heavy atom. The van der Waals surface area contributed by atoms with Crippen molar-refractivity contribution in [3.63, 3.8) is 0 Å². The summed E-state index contributed by atoms with van der Waals surface area (Å²) in [6.45, 7) is -0.727. The van der Waals surface area contributed by atoms with Crippen LogP contribution in [-0.4, -0.2) is 53.1 Å². The maximum absolute atomic E-state index is 10.1. The van der Waals surface area contributed by atoms with Crippen molar-refractivity contribution in [3.05, 3.63) is 11.5 Å². The summed E-state index contributed by atoms with van der Waals surface area (Å²) < 4.78 is 4.65. The minimum absolute atomic E-state index is 0.0437. The minimum Gasteiger partial charge on any atom is -0.508 e. The van der Waals surface area contributed by atoms with Crippen molar-refractivity contribution in [1.82, 2.24) is 0 Å². The summed E-state index contributed by atoms with van der Waals surface area (Å²) in [5.74, 6) is -2.59. The molecular formula is C8H14O6. The third-order valence-corrected chi connectivity index (χ3v) is 1.72. The van der Waals surface area contributed by atoms with Gasteiger partial charge >= 0.3 is 0 Å². The van der Waals surface area contributed by atoms with Crippen molar-refractivity contribution >= 4 is 6.29 Å². The van der Waals surface area contributed by atoms with E-state index in [1.807, 2.05) is 0 Å². The smallest absolute Gasteiger partial charge is 0.194 e. The number of allylic oxidation sites excluding steroid dienone is 1. The topological polar surface area (TPSA) is 107 Å². The molecule has 0 saturated heterocycles. The zero-order valence-electron chi connectivity index (χ0n) is 7.75. The van der Waals surface area contributed by atoms with Gasteiger partial charge in [-0.1, -0.05) is 0 Å². The molecule has 0 radical (unpaired) electrons. The van der Waals surface area contributed by atoms with Crippen LogP contribution in [0.2, 0.25) is 0 Å². The number of hydrogen-bond acceptors (Lipinski definition) is 6. The van der Waals surface area contributed by atoms with Crippen LogP contribution in [0.4, 0.5) is 0 Å². The van der Waals surface area contributed by atoms with Crippen LogP contribution < -0.4 is 0 Å². The molecule has 14 heavy (non-hydrogen) atoms. The lowest BCUT2D eigenvalue weighted by Crippen LogP contribution is -2.30. The van der Waals surface area contributed by atoms with Crippen LogP contribution in [0.1, 0.15) is 0 Å². The van der Waals surface area contributed by atoms with Crippen LogP contribution in [0.5, 0.6) is 0 Å². The Labute approximate surface area is 81.1 Å². The van der Waals surface area contributed by atoms with Crippen molar-refractivity contribution in [2.45, 2.75) is 6.10 Å². The van der Waals surface area contributed by atoms with Crippen LogP contribution in [0, 0.1) is 5.92 Å². The van der Waals surface area contributed by atoms with E-state index in [9.17, 15) is 15.0 Å². The van der Waals surface area contributed by atoms with E-state index in [-0.39, 0.29) is 12.9 Å². The van der Waals surface area contributed by atoms with Crippen molar-refractivity contribution in [1.29, 1.82) is 0 Å². The molecule has 0 aliphatic heterocycles. The van der Waals surface area contributed by atoms with E-state index in [0.29, 0.717) is 0 Å². The highest BCUT2D eigenvalue weighted by molar-refractivity contribution is 5.70. The first-order valence-corrected chi connectivity index (χ1v) is 3.93. The highest BCUT2D eigenvalue weighted by atomic mass is 16.5. The van der Waals surface area contributed by atoms with Gasteiger partial charge in [-0.15, -0.1) is 0 Å². The van der Waals surface area contributed by atoms with Crippen LogP contribution >= 0.6 is 0 Å². The van der Waals surface area contributed by atoms with E-state index < -0.39 is 30.1 Å². The summed E-state index contributed by atoms with van der Waals surface area (Å²) in [6.07, 6.45) is -1.25. The molecule has 0 aromatic carbocycles. The molecule has 2 atom stereocenters.